The summed E-state index contributed by atoms with van der Waals surface area (Å²) in [5.41, 5.74) is 9.00. The average Bonchev–Trinajstić information content (AvgIpc) is 3.38. The molecule has 2 saturated heterocycles. The van der Waals surface area contributed by atoms with Crippen LogP contribution in [-0.2, 0) is 13.1 Å². The predicted octanol–water partition coefficient (Wildman–Crippen LogP) is 15.9. The quantitative estimate of drug-likeness (QED) is 0.0999. The summed E-state index contributed by atoms with van der Waals surface area (Å²) >= 11 is 0. The van der Waals surface area contributed by atoms with Gasteiger partial charge in [-0.2, -0.15) is 10.5 Å². The van der Waals surface area contributed by atoms with Crippen LogP contribution in [-0.4, -0.2) is 86.6 Å². The van der Waals surface area contributed by atoms with Crippen molar-refractivity contribution in [3.63, 3.8) is 0 Å². The van der Waals surface area contributed by atoms with E-state index in [9.17, 15) is 10.5 Å². The average molecular weight is 1070 g/mol. The van der Waals surface area contributed by atoms with E-state index in [1.165, 1.54) is 33.4 Å². The molecule has 2 aliphatic rings. The predicted molar refractivity (Wildman–Crippen MR) is 326 cm³/mol. The lowest BCUT2D eigenvalue weighted by Gasteiger charge is -2.48. The topological polar surface area (TPSA) is 79.0 Å². The van der Waals surface area contributed by atoms with Crippen LogP contribution in [0.1, 0.15) is 133 Å². The molecule has 8 rings (SSSR count). The van der Waals surface area contributed by atoms with Gasteiger partial charge in [0.05, 0.1) is 35.3 Å². The standard InChI is InChI=1S/2C33H43N3OSi.CH4/c2*1-25-23-36(26(2)22-35(25)24-28-12-9-8-10-13-28)32(29-18-16-27(21-34)17-19-29)30-14-11-15-31(20-30)37-38(6,7)33(3,4)5;/h2*8-20,25-26,32H,22-24H2,1-7H3;1H4/t25-,26+,32+;25-,26+,32-;/m11./s1. The number of hydrogen-bond donors (Lipinski definition) is 0. The molecule has 6 aromatic carbocycles. The normalized spacial score (nSPS) is 19.8. The van der Waals surface area contributed by atoms with Crippen molar-refractivity contribution >= 4 is 16.6 Å². The smallest absolute Gasteiger partial charge is 0.250 e. The Hall–Kier alpha value is -5.83. The molecule has 2 heterocycles. The van der Waals surface area contributed by atoms with Gasteiger partial charge in [0.15, 0.2) is 0 Å². The summed E-state index contributed by atoms with van der Waals surface area (Å²) < 4.78 is 13.4. The summed E-state index contributed by atoms with van der Waals surface area (Å²) in [6.07, 6.45) is 0. The van der Waals surface area contributed by atoms with Gasteiger partial charge in [-0.05, 0) is 146 Å². The summed E-state index contributed by atoms with van der Waals surface area (Å²) in [6, 6.07) is 61.5. The third-order valence-electron chi connectivity index (χ3n) is 16.9. The lowest BCUT2D eigenvalue weighted by molar-refractivity contribution is 0.0195. The first-order valence-electron chi connectivity index (χ1n) is 27.6. The molecule has 0 aliphatic carbocycles. The maximum absolute atomic E-state index is 9.39. The van der Waals surface area contributed by atoms with Crippen LogP contribution in [0.25, 0.3) is 0 Å². The first-order valence-corrected chi connectivity index (χ1v) is 33.4. The van der Waals surface area contributed by atoms with E-state index in [4.69, 9.17) is 8.85 Å². The van der Waals surface area contributed by atoms with Crippen molar-refractivity contribution in [2.75, 3.05) is 26.2 Å². The molecule has 0 amide bonds. The highest BCUT2D eigenvalue weighted by Gasteiger charge is 2.41. The Bertz CT molecular complexity index is 2690. The van der Waals surface area contributed by atoms with E-state index >= 15 is 0 Å². The van der Waals surface area contributed by atoms with Crippen LogP contribution in [0.2, 0.25) is 36.3 Å². The van der Waals surface area contributed by atoms with E-state index in [0.29, 0.717) is 35.3 Å². The van der Waals surface area contributed by atoms with Crippen molar-refractivity contribution < 1.29 is 8.85 Å². The van der Waals surface area contributed by atoms with Gasteiger partial charge in [0.1, 0.15) is 11.5 Å². The van der Waals surface area contributed by atoms with E-state index < -0.39 is 16.6 Å². The molecule has 6 atom stereocenters. The molecule has 2 aliphatic heterocycles. The number of rotatable bonds is 14. The fourth-order valence-electron chi connectivity index (χ4n) is 10.3. The molecule has 0 saturated carbocycles. The minimum atomic E-state index is -1.96. The number of nitriles is 2. The Balaban J connectivity index is 0.000000246. The molecular weight excluding hydrogens is 977 g/mol. The summed E-state index contributed by atoms with van der Waals surface area (Å²) in [5, 5.41) is 19.0. The first-order chi connectivity index (χ1) is 36.0. The Morgan fingerprint density at radius 2 is 0.792 bits per heavy atom. The van der Waals surface area contributed by atoms with Gasteiger partial charge >= 0.3 is 0 Å². The van der Waals surface area contributed by atoms with E-state index in [-0.39, 0.29) is 29.6 Å². The van der Waals surface area contributed by atoms with Gasteiger partial charge in [0, 0.05) is 63.4 Å². The molecule has 6 aromatic rings. The van der Waals surface area contributed by atoms with E-state index in [1.807, 2.05) is 24.3 Å². The van der Waals surface area contributed by atoms with Gasteiger partial charge in [-0.3, -0.25) is 19.6 Å². The Morgan fingerprint density at radius 1 is 0.455 bits per heavy atom. The molecule has 77 heavy (non-hydrogen) atoms. The second-order valence-electron chi connectivity index (χ2n) is 24.8. The van der Waals surface area contributed by atoms with E-state index in [0.717, 1.165) is 50.8 Å². The molecule has 10 heteroatoms. The molecule has 0 unspecified atom stereocenters. The highest BCUT2D eigenvalue weighted by Crippen LogP contribution is 2.42. The molecule has 0 spiro atoms. The summed E-state index contributed by atoms with van der Waals surface area (Å²) in [7, 11) is -3.92. The zero-order valence-corrected chi connectivity index (χ0v) is 50.2. The number of nitrogens with zero attached hydrogens (tertiary/aromatic N) is 6. The number of benzene rings is 6. The van der Waals surface area contributed by atoms with Crippen molar-refractivity contribution in [3.8, 4) is 23.6 Å². The zero-order valence-electron chi connectivity index (χ0n) is 48.2. The van der Waals surface area contributed by atoms with Gasteiger partial charge < -0.3 is 8.85 Å². The lowest BCUT2D eigenvalue weighted by Crippen LogP contribution is -2.56. The Kier molecular flexibility index (Phi) is 20.2. The van der Waals surface area contributed by atoms with Crippen LogP contribution in [0.3, 0.4) is 0 Å². The number of hydrogen-bond acceptors (Lipinski definition) is 8. The van der Waals surface area contributed by atoms with Crippen LogP contribution in [0, 0.1) is 22.7 Å². The van der Waals surface area contributed by atoms with Crippen LogP contribution in [0.5, 0.6) is 11.5 Å². The highest BCUT2D eigenvalue weighted by molar-refractivity contribution is 6.75. The largest absolute Gasteiger partial charge is 0.543 e. The third kappa shape index (κ3) is 15.3. The van der Waals surface area contributed by atoms with Crippen LogP contribution in [0.4, 0.5) is 0 Å². The fourth-order valence-corrected chi connectivity index (χ4v) is 12.3. The summed E-state index contributed by atoms with van der Waals surface area (Å²) in [6.45, 7) is 38.1. The van der Waals surface area contributed by atoms with Crippen molar-refractivity contribution in [2.24, 2.45) is 0 Å². The molecule has 2 fully saturated rings. The van der Waals surface area contributed by atoms with Gasteiger partial charge in [-0.25, -0.2) is 0 Å². The first kappa shape index (κ1) is 60.4. The third-order valence-corrected chi connectivity index (χ3v) is 25.6. The fraction of sp³-hybridized carbons (Fsp3) is 0.433. The molecule has 0 N–H and O–H groups in total. The highest BCUT2D eigenvalue weighted by atomic mass is 28.4. The van der Waals surface area contributed by atoms with Crippen LogP contribution in [0.15, 0.2) is 158 Å². The van der Waals surface area contributed by atoms with Crippen molar-refractivity contribution in [1.29, 1.82) is 10.5 Å². The lowest BCUT2D eigenvalue weighted by atomic mass is 9.92. The van der Waals surface area contributed by atoms with Crippen molar-refractivity contribution in [2.45, 2.75) is 162 Å². The van der Waals surface area contributed by atoms with E-state index in [1.54, 1.807) is 0 Å². The van der Waals surface area contributed by atoms with Crippen molar-refractivity contribution in [3.05, 3.63) is 202 Å². The molecule has 0 radical (unpaired) electrons. The number of piperazine rings is 2. The summed E-state index contributed by atoms with van der Waals surface area (Å²) in [5.74, 6) is 1.91. The maximum Gasteiger partial charge on any atom is 0.250 e. The maximum atomic E-state index is 9.39. The molecule has 8 nitrogen and oxygen atoms in total. The second-order valence-corrected chi connectivity index (χ2v) is 34.2. The van der Waals surface area contributed by atoms with Crippen LogP contribution >= 0.6 is 0 Å². The second kappa shape index (κ2) is 25.8. The van der Waals surface area contributed by atoms with Gasteiger partial charge in [-0.1, -0.05) is 158 Å². The van der Waals surface area contributed by atoms with E-state index in [2.05, 4.69) is 261 Å². The molecule has 408 valence electrons. The zero-order chi connectivity index (χ0) is 55.0. The SMILES string of the molecule is C.C[C@@H]1CN([C@@H](c2ccc(C#N)cc2)c2cccc(O[Si](C)(C)C(C)(C)C)c2)[C@@H](C)CN1Cc1ccccc1.C[C@@H]1CN([C@H](c2ccc(C#N)cc2)c2cccc(O[Si](C)(C)C(C)(C)C)c2)[C@@H](C)CN1Cc1ccccc1. The Labute approximate surface area is 467 Å². The molecule has 0 aromatic heterocycles. The van der Waals surface area contributed by atoms with Gasteiger partial charge in [0.25, 0.3) is 0 Å². The molecule has 0 bridgehead atoms. The summed E-state index contributed by atoms with van der Waals surface area (Å²) in [4.78, 5) is 10.5. The minimum Gasteiger partial charge on any atom is -0.543 e. The van der Waals surface area contributed by atoms with Crippen LogP contribution < -0.4 is 8.85 Å². The van der Waals surface area contributed by atoms with Crippen molar-refractivity contribution in [1.82, 2.24) is 19.6 Å². The Morgan fingerprint density at radius 3 is 1.10 bits per heavy atom. The van der Waals surface area contributed by atoms with Gasteiger partial charge in [0.2, 0.25) is 16.6 Å². The molecular formula is C67H90N6O2Si2. The monoisotopic (exact) mass is 1070 g/mol. The minimum absolute atomic E-state index is 0. The van der Waals surface area contributed by atoms with Gasteiger partial charge in [-0.15, -0.1) is 0 Å².